The molecule has 0 saturated heterocycles. The topological polar surface area (TPSA) is 94.5 Å². The Kier molecular flexibility index (Phi) is 6.09. The Balaban J connectivity index is 1.59. The first-order chi connectivity index (χ1) is 17.2. The SMILES string of the molecule is CCOc1ccc(-n2c(O)c(C=Nc3ccnn3Cc3ccncc3)c3ccccc3c2=O)cc1. The van der Waals surface area contributed by atoms with Crippen LogP contribution in [0.3, 0.4) is 0 Å². The van der Waals surface area contributed by atoms with Crippen LogP contribution in [0.25, 0.3) is 16.5 Å². The summed E-state index contributed by atoms with van der Waals surface area (Å²) in [6.45, 7) is 2.97. The molecule has 3 heterocycles. The number of pyridine rings is 2. The standard InChI is InChI=1S/C27H23N5O3/c1-2-35-21-9-7-20(8-10-21)32-26(33)23-6-4-3-5-22(23)24(27(32)34)17-29-25-13-16-30-31(25)18-19-11-14-28-15-12-19/h3-17,34H,2,18H2,1H3. The molecule has 174 valence electrons. The summed E-state index contributed by atoms with van der Waals surface area (Å²) >= 11 is 0. The molecule has 2 aromatic carbocycles. The van der Waals surface area contributed by atoms with E-state index in [0.29, 0.717) is 46.7 Å². The molecule has 8 heteroatoms. The zero-order valence-corrected chi connectivity index (χ0v) is 19.1. The van der Waals surface area contributed by atoms with Crippen LogP contribution >= 0.6 is 0 Å². The lowest BCUT2D eigenvalue weighted by Gasteiger charge is -2.14. The normalized spacial score (nSPS) is 11.3. The van der Waals surface area contributed by atoms with Crippen molar-refractivity contribution in [3.05, 3.63) is 107 Å². The van der Waals surface area contributed by atoms with Gasteiger partial charge < -0.3 is 9.84 Å². The molecule has 0 fully saturated rings. The van der Waals surface area contributed by atoms with Gasteiger partial charge in [-0.15, -0.1) is 0 Å². The van der Waals surface area contributed by atoms with E-state index in [9.17, 15) is 9.90 Å². The zero-order valence-electron chi connectivity index (χ0n) is 19.1. The Bertz CT molecular complexity index is 1550. The summed E-state index contributed by atoms with van der Waals surface area (Å²) in [4.78, 5) is 22.0. The van der Waals surface area contributed by atoms with E-state index in [1.807, 2.05) is 25.1 Å². The molecule has 0 spiro atoms. The minimum Gasteiger partial charge on any atom is -0.494 e. The van der Waals surface area contributed by atoms with Gasteiger partial charge in [0.15, 0.2) is 5.82 Å². The molecule has 0 aliphatic carbocycles. The van der Waals surface area contributed by atoms with Gasteiger partial charge in [-0.1, -0.05) is 18.2 Å². The third-order valence-electron chi connectivity index (χ3n) is 5.61. The number of fused-ring (bicyclic) bond motifs is 1. The number of ether oxygens (including phenoxy) is 1. The summed E-state index contributed by atoms with van der Waals surface area (Å²) < 4.78 is 8.54. The molecule has 0 radical (unpaired) electrons. The van der Waals surface area contributed by atoms with E-state index in [-0.39, 0.29) is 11.4 Å². The number of hydrogen-bond acceptors (Lipinski definition) is 6. The highest BCUT2D eigenvalue weighted by Gasteiger charge is 2.16. The predicted molar refractivity (Wildman–Crippen MR) is 135 cm³/mol. The van der Waals surface area contributed by atoms with Gasteiger partial charge in [-0.25, -0.2) is 14.2 Å². The number of aliphatic imine (C=N–C) groups is 1. The van der Waals surface area contributed by atoms with Crippen molar-refractivity contribution >= 4 is 22.8 Å². The van der Waals surface area contributed by atoms with Gasteiger partial charge in [0.25, 0.3) is 5.56 Å². The van der Waals surface area contributed by atoms with Crippen LogP contribution in [0.15, 0.2) is 95.1 Å². The minimum atomic E-state index is -0.317. The maximum atomic E-state index is 13.3. The van der Waals surface area contributed by atoms with Gasteiger partial charge in [0.05, 0.1) is 30.6 Å². The van der Waals surface area contributed by atoms with Crippen LogP contribution in [0.5, 0.6) is 11.6 Å². The van der Waals surface area contributed by atoms with Crippen molar-refractivity contribution in [2.24, 2.45) is 4.99 Å². The summed E-state index contributed by atoms with van der Waals surface area (Å²) in [6.07, 6.45) is 6.71. The summed E-state index contributed by atoms with van der Waals surface area (Å²) in [6, 6.07) is 19.8. The summed E-state index contributed by atoms with van der Waals surface area (Å²) in [5, 5.41) is 16.7. The molecule has 0 bridgehead atoms. The van der Waals surface area contributed by atoms with Crippen molar-refractivity contribution in [2.75, 3.05) is 6.61 Å². The van der Waals surface area contributed by atoms with Gasteiger partial charge in [-0.05, 0) is 55.0 Å². The van der Waals surface area contributed by atoms with E-state index < -0.39 is 0 Å². The molecule has 8 nitrogen and oxygen atoms in total. The molecule has 3 aromatic heterocycles. The van der Waals surface area contributed by atoms with E-state index in [1.54, 1.807) is 78.0 Å². The van der Waals surface area contributed by atoms with E-state index in [0.717, 1.165) is 5.56 Å². The van der Waals surface area contributed by atoms with Crippen molar-refractivity contribution in [1.29, 1.82) is 0 Å². The lowest BCUT2D eigenvalue weighted by Crippen LogP contribution is -2.20. The second-order valence-electron chi connectivity index (χ2n) is 7.81. The van der Waals surface area contributed by atoms with Crippen molar-refractivity contribution in [3.8, 4) is 17.3 Å². The van der Waals surface area contributed by atoms with Crippen LogP contribution in [-0.2, 0) is 6.54 Å². The molecule has 0 unspecified atom stereocenters. The van der Waals surface area contributed by atoms with Gasteiger partial charge in [-0.3, -0.25) is 9.78 Å². The fourth-order valence-electron chi connectivity index (χ4n) is 3.94. The number of nitrogens with zero attached hydrogens (tertiary/aromatic N) is 5. The number of benzene rings is 2. The zero-order chi connectivity index (χ0) is 24.2. The van der Waals surface area contributed by atoms with E-state index in [4.69, 9.17) is 4.74 Å². The molecule has 1 N–H and O–H groups in total. The predicted octanol–water partition coefficient (Wildman–Crippen LogP) is 4.49. The lowest BCUT2D eigenvalue weighted by atomic mass is 10.1. The monoisotopic (exact) mass is 465 g/mol. The van der Waals surface area contributed by atoms with Crippen LogP contribution in [0.1, 0.15) is 18.1 Å². The first kappa shape index (κ1) is 22.1. The van der Waals surface area contributed by atoms with Crippen molar-refractivity contribution in [2.45, 2.75) is 13.5 Å². The number of aromatic hydroxyl groups is 1. The van der Waals surface area contributed by atoms with Crippen LogP contribution in [0.2, 0.25) is 0 Å². The largest absolute Gasteiger partial charge is 0.494 e. The Labute approximate surface area is 201 Å². The average Bonchev–Trinajstić information content (AvgIpc) is 3.32. The number of rotatable bonds is 7. The Morgan fingerprint density at radius 1 is 0.971 bits per heavy atom. The first-order valence-corrected chi connectivity index (χ1v) is 11.2. The molecule has 0 aliphatic rings. The minimum absolute atomic E-state index is 0.193. The van der Waals surface area contributed by atoms with Crippen molar-refractivity contribution in [3.63, 3.8) is 0 Å². The molecule has 0 aliphatic heterocycles. The van der Waals surface area contributed by atoms with Gasteiger partial charge in [0.1, 0.15) is 5.75 Å². The van der Waals surface area contributed by atoms with Gasteiger partial charge in [0.2, 0.25) is 5.88 Å². The molecule has 0 saturated carbocycles. The molecular weight excluding hydrogens is 442 g/mol. The van der Waals surface area contributed by atoms with Crippen LogP contribution in [0.4, 0.5) is 5.82 Å². The van der Waals surface area contributed by atoms with Crippen molar-refractivity contribution in [1.82, 2.24) is 19.3 Å². The van der Waals surface area contributed by atoms with Crippen LogP contribution in [0, 0.1) is 0 Å². The third-order valence-corrected chi connectivity index (χ3v) is 5.61. The van der Waals surface area contributed by atoms with E-state index in [1.165, 1.54) is 4.57 Å². The van der Waals surface area contributed by atoms with Crippen LogP contribution < -0.4 is 10.3 Å². The number of aromatic nitrogens is 4. The Hall–Kier alpha value is -4.72. The summed E-state index contributed by atoms with van der Waals surface area (Å²) in [5.74, 6) is 1.11. The van der Waals surface area contributed by atoms with Gasteiger partial charge in [-0.2, -0.15) is 5.10 Å². The second-order valence-corrected chi connectivity index (χ2v) is 7.81. The maximum absolute atomic E-state index is 13.3. The fraction of sp³-hybridized carbons (Fsp3) is 0.111. The fourth-order valence-corrected chi connectivity index (χ4v) is 3.94. The van der Waals surface area contributed by atoms with Gasteiger partial charge >= 0.3 is 0 Å². The first-order valence-electron chi connectivity index (χ1n) is 11.2. The quantitative estimate of drug-likeness (QED) is 0.358. The van der Waals surface area contributed by atoms with E-state index >= 15 is 0 Å². The molecule has 0 atom stereocenters. The van der Waals surface area contributed by atoms with Crippen molar-refractivity contribution < 1.29 is 9.84 Å². The number of hydrogen-bond donors (Lipinski definition) is 1. The molecule has 5 rings (SSSR count). The average molecular weight is 466 g/mol. The highest BCUT2D eigenvalue weighted by atomic mass is 16.5. The molecule has 0 amide bonds. The Morgan fingerprint density at radius 3 is 2.46 bits per heavy atom. The smallest absolute Gasteiger partial charge is 0.265 e. The second kappa shape index (κ2) is 9.64. The highest BCUT2D eigenvalue weighted by molar-refractivity contribution is 6.02. The molecule has 35 heavy (non-hydrogen) atoms. The summed E-state index contributed by atoms with van der Waals surface area (Å²) in [5.41, 5.74) is 1.68. The van der Waals surface area contributed by atoms with E-state index in [2.05, 4.69) is 15.1 Å². The highest BCUT2D eigenvalue weighted by Crippen LogP contribution is 2.27. The van der Waals surface area contributed by atoms with Crippen LogP contribution in [-0.4, -0.2) is 37.3 Å². The molecule has 5 aromatic rings. The Morgan fingerprint density at radius 2 is 1.71 bits per heavy atom. The molecular formula is C27H23N5O3. The maximum Gasteiger partial charge on any atom is 0.265 e. The van der Waals surface area contributed by atoms with Gasteiger partial charge in [0, 0.05) is 35.4 Å². The lowest BCUT2D eigenvalue weighted by molar-refractivity contribution is 0.340. The third kappa shape index (κ3) is 4.41. The summed E-state index contributed by atoms with van der Waals surface area (Å²) in [7, 11) is 0.